The van der Waals surface area contributed by atoms with Crippen LogP contribution in [-0.2, 0) is 32.1 Å². The summed E-state index contributed by atoms with van der Waals surface area (Å²) in [7, 11) is 0. The van der Waals surface area contributed by atoms with Crippen molar-refractivity contribution in [1.82, 2.24) is 10.2 Å². The Bertz CT molecular complexity index is 1010. The number of hydrogen-bond acceptors (Lipinski definition) is 5. The van der Waals surface area contributed by atoms with Gasteiger partial charge in [-0.05, 0) is 36.8 Å². The summed E-state index contributed by atoms with van der Waals surface area (Å²) in [6.07, 6.45) is 5.83. The molecule has 204 valence electrons. The minimum atomic E-state index is -0.640. The van der Waals surface area contributed by atoms with Gasteiger partial charge < -0.3 is 20.1 Å². The average molecular weight is 521 g/mol. The largest absolute Gasteiger partial charge is 0.463 e. The summed E-state index contributed by atoms with van der Waals surface area (Å²) in [5.74, 6) is -1.49. The number of carbonyl (C=O) groups excluding carboxylic acids is 3. The maximum Gasteiger partial charge on any atom is 0.305 e. The van der Waals surface area contributed by atoms with Crippen molar-refractivity contribution in [3.63, 3.8) is 0 Å². The Hall–Kier alpha value is -3.71. The summed E-state index contributed by atoms with van der Waals surface area (Å²) in [6, 6.07) is 18.7. The van der Waals surface area contributed by atoms with Crippen LogP contribution in [0.5, 0.6) is 0 Å². The van der Waals surface area contributed by atoms with Crippen LogP contribution in [0, 0.1) is 5.92 Å². The first-order valence-electron chi connectivity index (χ1n) is 13.1. The summed E-state index contributed by atoms with van der Waals surface area (Å²) in [4.78, 5) is 40.2. The number of aliphatic hydroxyl groups excluding tert-OH is 1. The van der Waals surface area contributed by atoms with Gasteiger partial charge >= 0.3 is 5.97 Å². The van der Waals surface area contributed by atoms with Crippen LogP contribution in [0.4, 0.5) is 0 Å². The van der Waals surface area contributed by atoms with Crippen LogP contribution < -0.4 is 5.32 Å². The molecule has 0 spiro atoms. The molecule has 0 saturated heterocycles. The molecule has 2 amide bonds. The Labute approximate surface area is 226 Å². The topological polar surface area (TPSA) is 95.9 Å². The second kappa shape index (κ2) is 17.7. The summed E-state index contributed by atoms with van der Waals surface area (Å²) < 4.78 is 5.47. The molecule has 0 heterocycles. The SMILES string of the molecule is C=CCCCC(=O)OCC(Cc1ccccc1)NC(=O)C(CC=C)CC(=O)N(CCO)Cc1ccccc1. The van der Waals surface area contributed by atoms with Crippen LogP contribution in [-0.4, -0.2) is 53.6 Å². The molecule has 2 N–H and O–H groups in total. The molecule has 2 aromatic carbocycles. The molecule has 7 heteroatoms. The Morgan fingerprint density at radius 3 is 2.24 bits per heavy atom. The van der Waals surface area contributed by atoms with Crippen LogP contribution in [0.25, 0.3) is 0 Å². The molecule has 0 aliphatic heterocycles. The van der Waals surface area contributed by atoms with Crippen molar-refractivity contribution in [2.24, 2.45) is 5.92 Å². The Morgan fingerprint density at radius 1 is 0.974 bits per heavy atom. The second-order valence-corrected chi connectivity index (χ2v) is 9.21. The lowest BCUT2D eigenvalue weighted by molar-refractivity contribution is -0.145. The van der Waals surface area contributed by atoms with Crippen LogP contribution in [0.15, 0.2) is 86.0 Å². The van der Waals surface area contributed by atoms with Gasteiger partial charge in [0, 0.05) is 25.9 Å². The molecule has 0 bridgehead atoms. The zero-order valence-corrected chi connectivity index (χ0v) is 22.1. The molecular formula is C31H40N2O5. The van der Waals surface area contributed by atoms with Gasteiger partial charge in [0.15, 0.2) is 0 Å². The lowest BCUT2D eigenvalue weighted by Crippen LogP contribution is -2.44. The van der Waals surface area contributed by atoms with E-state index in [1.165, 1.54) is 0 Å². The first-order chi connectivity index (χ1) is 18.5. The van der Waals surface area contributed by atoms with Crippen LogP contribution in [0.3, 0.4) is 0 Å². The predicted octanol–water partition coefficient (Wildman–Crippen LogP) is 4.22. The number of allylic oxidation sites excluding steroid dienone is 2. The number of nitrogens with zero attached hydrogens (tertiary/aromatic N) is 1. The van der Waals surface area contributed by atoms with E-state index >= 15 is 0 Å². The Kier molecular flexibility index (Phi) is 14.2. The average Bonchev–Trinajstić information content (AvgIpc) is 2.92. The third-order valence-corrected chi connectivity index (χ3v) is 6.09. The highest BCUT2D eigenvalue weighted by Gasteiger charge is 2.26. The number of benzene rings is 2. The predicted molar refractivity (Wildman–Crippen MR) is 149 cm³/mol. The highest BCUT2D eigenvalue weighted by atomic mass is 16.5. The summed E-state index contributed by atoms with van der Waals surface area (Å²) in [6.45, 7) is 7.80. The van der Waals surface area contributed by atoms with Crippen molar-refractivity contribution < 1.29 is 24.2 Å². The van der Waals surface area contributed by atoms with Gasteiger partial charge in [-0.2, -0.15) is 0 Å². The van der Waals surface area contributed by atoms with Crippen molar-refractivity contribution in [1.29, 1.82) is 0 Å². The maximum absolute atomic E-state index is 13.3. The highest BCUT2D eigenvalue weighted by molar-refractivity contribution is 5.86. The van der Waals surface area contributed by atoms with Crippen molar-refractivity contribution in [3.8, 4) is 0 Å². The van der Waals surface area contributed by atoms with E-state index in [-0.39, 0.29) is 50.4 Å². The molecule has 2 rings (SSSR count). The Morgan fingerprint density at radius 2 is 1.63 bits per heavy atom. The van der Waals surface area contributed by atoms with Gasteiger partial charge in [0.05, 0.1) is 18.6 Å². The van der Waals surface area contributed by atoms with E-state index in [4.69, 9.17) is 4.74 Å². The molecule has 7 nitrogen and oxygen atoms in total. The first-order valence-corrected chi connectivity index (χ1v) is 13.1. The van der Waals surface area contributed by atoms with Crippen molar-refractivity contribution in [3.05, 3.63) is 97.1 Å². The zero-order chi connectivity index (χ0) is 27.6. The molecule has 2 aromatic rings. The number of esters is 1. The molecular weight excluding hydrogens is 480 g/mol. The third-order valence-electron chi connectivity index (χ3n) is 6.09. The normalized spacial score (nSPS) is 12.1. The van der Waals surface area contributed by atoms with E-state index in [0.29, 0.717) is 25.8 Å². The van der Waals surface area contributed by atoms with E-state index < -0.39 is 12.0 Å². The van der Waals surface area contributed by atoms with E-state index in [1.54, 1.807) is 17.1 Å². The van der Waals surface area contributed by atoms with Crippen LogP contribution in [0.2, 0.25) is 0 Å². The van der Waals surface area contributed by atoms with Crippen molar-refractivity contribution in [2.45, 2.75) is 51.1 Å². The van der Waals surface area contributed by atoms with Crippen molar-refractivity contribution in [2.75, 3.05) is 19.8 Å². The molecule has 2 atom stereocenters. The summed E-state index contributed by atoms with van der Waals surface area (Å²) in [5, 5.41) is 12.5. The van der Waals surface area contributed by atoms with Crippen LogP contribution >= 0.6 is 0 Å². The fraction of sp³-hybridized carbons (Fsp3) is 0.387. The monoisotopic (exact) mass is 520 g/mol. The third kappa shape index (κ3) is 11.6. The fourth-order valence-electron chi connectivity index (χ4n) is 4.07. The highest BCUT2D eigenvalue weighted by Crippen LogP contribution is 2.16. The fourth-order valence-corrected chi connectivity index (χ4v) is 4.07. The number of amides is 2. The minimum Gasteiger partial charge on any atom is -0.463 e. The van der Waals surface area contributed by atoms with Crippen molar-refractivity contribution >= 4 is 17.8 Å². The quantitative estimate of drug-likeness (QED) is 0.174. The molecule has 0 radical (unpaired) electrons. The number of ether oxygens (including phenoxy) is 1. The first kappa shape index (κ1) is 30.5. The van der Waals surface area contributed by atoms with E-state index in [9.17, 15) is 19.5 Å². The van der Waals surface area contributed by atoms with Gasteiger partial charge in [0.25, 0.3) is 0 Å². The van der Waals surface area contributed by atoms with E-state index in [1.807, 2.05) is 60.7 Å². The number of hydrogen-bond donors (Lipinski definition) is 2. The number of aliphatic hydroxyl groups is 1. The van der Waals surface area contributed by atoms with Gasteiger partial charge in [-0.1, -0.05) is 72.8 Å². The Balaban J connectivity index is 2.07. The molecule has 0 aliphatic rings. The van der Waals surface area contributed by atoms with Gasteiger partial charge in [0.2, 0.25) is 11.8 Å². The number of unbranched alkanes of at least 4 members (excludes halogenated alkanes) is 1. The molecule has 0 fully saturated rings. The number of nitrogens with one attached hydrogen (secondary N) is 1. The van der Waals surface area contributed by atoms with Crippen LogP contribution in [0.1, 0.15) is 43.2 Å². The minimum absolute atomic E-state index is 0.0237. The standard InChI is InChI=1S/C31H40N2O5/c1-3-5-8-18-30(36)38-24-28(21-25-14-9-6-10-15-25)32-31(37)27(13-4-2)22-29(35)33(19-20-34)23-26-16-11-7-12-17-26/h3-4,6-7,9-12,14-17,27-28,34H,1-2,5,8,13,18-24H2,(H,32,37). The molecule has 0 aromatic heterocycles. The van der Waals surface area contributed by atoms with Gasteiger partial charge in [0.1, 0.15) is 6.61 Å². The maximum atomic E-state index is 13.3. The molecule has 38 heavy (non-hydrogen) atoms. The molecule has 0 saturated carbocycles. The molecule has 2 unspecified atom stereocenters. The van der Waals surface area contributed by atoms with Gasteiger partial charge in [-0.3, -0.25) is 14.4 Å². The summed E-state index contributed by atoms with van der Waals surface area (Å²) >= 11 is 0. The lowest BCUT2D eigenvalue weighted by Gasteiger charge is -2.26. The van der Waals surface area contributed by atoms with E-state index in [2.05, 4.69) is 18.5 Å². The number of carbonyl (C=O) groups is 3. The molecule has 0 aliphatic carbocycles. The van der Waals surface area contributed by atoms with Gasteiger partial charge in [-0.15, -0.1) is 13.2 Å². The zero-order valence-electron chi connectivity index (χ0n) is 22.1. The second-order valence-electron chi connectivity index (χ2n) is 9.21. The van der Waals surface area contributed by atoms with Gasteiger partial charge in [-0.25, -0.2) is 0 Å². The number of rotatable bonds is 18. The smallest absolute Gasteiger partial charge is 0.305 e. The summed E-state index contributed by atoms with van der Waals surface area (Å²) in [5.41, 5.74) is 1.94. The van der Waals surface area contributed by atoms with E-state index in [0.717, 1.165) is 17.5 Å². The lowest BCUT2D eigenvalue weighted by atomic mass is 9.98.